The van der Waals surface area contributed by atoms with Crippen molar-refractivity contribution >= 4 is 34.5 Å². The first-order valence-corrected chi connectivity index (χ1v) is 10.1. The van der Waals surface area contributed by atoms with Gasteiger partial charge in [0.2, 0.25) is 0 Å². The number of hydrogen-bond donors (Lipinski definition) is 3. The van der Waals surface area contributed by atoms with Crippen molar-refractivity contribution in [2.24, 2.45) is 0 Å². The van der Waals surface area contributed by atoms with Gasteiger partial charge in [0.15, 0.2) is 11.5 Å². The number of amides is 4. The molecule has 34 heavy (non-hydrogen) atoms. The van der Waals surface area contributed by atoms with E-state index in [2.05, 4.69) is 25.9 Å². The van der Waals surface area contributed by atoms with Gasteiger partial charge < -0.3 is 19.5 Å². The molecule has 4 amide bonds. The molecule has 10 nitrogen and oxygen atoms in total. The van der Waals surface area contributed by atoms with Gasteiger partial charge in [-0.1, -0.05) is 6.07 Å². The fraction of sp³-hybridized carbons (Fsp3) is 0.0833. The van der Waals surface area contributed by atoms with Crippen LogP contribution in [0.25, 0.3) is 10.9 Å². The predicted octanol–water partition coefficient (Wildman–Crippen LogP) is 4.79. The van der Waals surface area contributed by atoms with E-state index in [0.717, 1.165) is 5.39 Å². The molecule has 0 atom stereocenters. The molecule has 0 bridgehead atoms. The van der Waals surface area contributed by atoms with Crippen LogP contribution in [0.4, 0.5) is 21.1 Å². The Bertz CT molecular complexity index is 1310. The van der Waals surface area contributed by atoms with Crippen LogP contribution in [-0.4, -0.2) is 36.2 Å². The minimum Gasteiger partial charge on any atom is -0.493 e. The molecule has 10 heteroatoms. The Balaban J connectivity index is 1.40. The number of methoxy groups -OCH3 is 2. The summed E-state index contributed by atoms with van der Waals surface area (Å²) in [6.07, 6.45) is 3.17. The fourth-order valence-electron chi connectivity index (χ4n) is 3.12. The molecule has 0 aliphatic rings. The van der Waals surface area contributed by atoms with Crippen molar-refractivity contribution in [2.75, 3.05) is 24.9 Å². The average Bonchev–Trinajstić information content (AvgIpc) is 2.85. The van der Waals surface area contributed by atoms with Crippen LogP contribution in [0, 0.1) is 0 Å². The highest BCUT2D eigenvalue weighted by Gasteiger charge is 2.12. The quantitative estimate of drug-likeness (QED) is 0.379. The second kappa shape index (κ2) is 10.2. The summed E-state index contributed by atoms with van der Waals surface area (Å²) in [7, 11) is 3.12. The summed E-state index contributed by atoms with van der Waals surface area (Å²) < 4.78 is 16.7. The molecule has 0 aliphatic heterocycles. The number of nitrogens with one attached hydrogen (secondary N) is 3. The monoisotopic (exact) mass is 459 g/mol. The molecule has 2 heterocycles. The summed E-state index contributed by atoms with van der Waals surface area (Å²) in [5.41, 5.74) is 1.16. The molecule has 3 N–H and O–H groups in total. The number of imide groups is 1. The van der Waals surface area contributed by atoms with Gasteiger partial charge in [-0.3, -0.25) is 15.6 Å². The Morgan fingerprint density at radius 3 is 2.21 bits per heavy atom. The van der Waals surface area contributed by atoms with Crippen molar-refractivity contribution < 1.29 is 23.8 Å². The number of urea groups is 2. The van der Waals surface area contributed by atoms with Crippen molar-refractivity contribution in [3.8, 4) is 23.0 Å². The molecular formula is C24H21N5O5. The number of ether oxygens (including phenoxy) is 3. The summed E-state index contributed by atoms with van der Waals surface area (Å²) in [4.78, 5) is 32.3. The molecule has 0 unspecified atom stereocenters. The number of anilines is 2. The van der Waals surface area contributed by atoms with Crippen molar-refractivity contribution in [3.63, 3.8) is 0 Å². The average molecular weight is 459 g/mol. The molecule has 4 rings (SSSR count). The van der Waals surface area contributed by atoms with Crippen LogP contribution in [0.2, 0.25) is 0 Å². The highest BCUT2D eigenvalue weighted by atomic mass is 16.5. The van der Waals surface area contributed by atoms with Crippen LogP contribution >= 0.6 is 0 Å². The third-order valence-electron chi connectivity index (χ3n) is 4.68. The molecule has 172 valence electrons. The van der Waals surface area contributed by atoms with E-state index in [1.54, 1.807) is 81.1 Å². The Morgan fingerprint density at radius 1 is 0.765 bits per heavy atom. The summed E-state index contributed by atoms with van der Waals surface area (Å²) >= 11 is 0. The van der Waals surface area contributed by atoms with E-state index >= 15 is 0 Å². The first-order chi connectivity index (χ1) is 16.6. The van der Waals surface area contributed by atoms with Crippen molar-refractivity contribution in [2.45, 2.75) is 0 Å². The minimum atomic E-state index is -0.701. The fourth-order valence-corrected chi connectivity index (χ4v) is 3.12. The minimum absolute atomic E-state index is 0.328. The third kappa shape index (κ3) is 5.30. The lowest BCUT2D eigenvalue weighted by Gasteiger charge is -2.13. The number of fused-ring (bicyclic) bond motifs is 1. The van der Waals surface area contributed by atoms with Crippen LogP contribution in [-0.2, 0) is 0 Å². The van der Waals surface area contributed by atoms with Gasteiger partial charge >= 0.3 is 12.1 Å². The normalized spacial score (nSPS) is 10.3. The number of benzene rings is 2. The molecule has 0 radical (unpaired) electrons. The van der Waals surface area contributed by atoms with Gasteiger partial charge in [0, 0.05) is 29.5 Å². The smallest absolute Gasteiger partial charge is 0.328 e. The molecule has 0 spiro atoms. The van der Waals surface area contributed by atoms with Gasteiger partial charge in [-0.25, -0.2) is 14.6 Å². The van der Waals surface area contributed by atoms with E-state index in [-0.39, 0.29) is 0 Å². The van der Waals surface area contributed by atoms with Gasteiger partial charge in [0.25, 0.3) is 0 Å². The molecule has 0 aliphatic carbocycles. The molecule has 2 aromatic carbocycles. The summed E-state index contributed by atoms with van der Waals surface area (Å²) in [5.74, 6) is 2.58. The standard InChI is InChI=1S/C24H21N5O5/c1-32-20-13-17-18(14-21(20)33-2)25-12-10-19(17)34-16-8-6-15(7-9-16)27-23(30)29-24(31)28-22-5-3-4-11-26-22/h3-14H,1-2H3,(H3,26,27,28,29,30,31). The Morgan fingerprint density at radius 2 is 1.50 bits per heavy atom. The zero-order chi connectivity index (χ0) is 23.9. The van der Waals surface area contributed by atoms with E-state index in [1.165, 1.54) is 6.20 Å². The number of hydrogen-bond acceptors (Lipinski definition) is 7. The number of carbonyl (C=O) groups is 2. The summed E-state index contributed by atoms with van der Waals surface area (Å²) in [6, 6.07) is 15.6. The maximum absolute atomic E-state index is 12.1. The van der Waals surface area contributed by atoms with Gasteiger partial charge in [-0.15, -0.1) is 0 Å². The van der Waals surface area contributed by atoms with Crippen LogP contribution in [0.5, 0.6) is 23.0 Å². The molecule has 2 aromatic heterocycles. The lowest BCUT2D eigenvalue weighted by atomic mass is 10.2. The number of nitrogens with zero attached hydrogens (tertiary/aromatic N) is 2. The van der Waals surface area contributed by atoms with E-state index in [0.29, 0.717) is 40.0 Å². The maximum atomic E-state index is 12.1. The van der Waals surface area contributed by atoms with Gasteiger partial charge in [-0.2, -0.15) is 0 Å². The molecular weight excluding hydrogens is 438 g/mol. The molecule has 4 aromatic rings. The van der Waals surface area contributed by atoms with Crippen LogP contribution in [0.3, 0.4) is 0 Å². The van der Waals surface area contributed by atoms with Gasteiger partial charge in [0.05, 0.1) is 19.7 Å². The molecule has 0 saturated heterocycles. The SMILES string of the molecule is COc1cc2nccc(Oc3ccc(NC(=O)NC(=O)Nc4ccccn4)cc3)c2cc1OC. The van der Waals surface area contributed by atoms with E-state index in [9.17, 15) is 9.59 Å². The maximum Gasteiger partial charge on any atom is 0.328 e. The van der Waals surface area contributed by atoms with E-state index in [4.69, 9.17) is 14.2 Å². The lowest BCUT2D eigenvalue weighted by Crippen LogP contribution is -2.37. The largest absolute Gasteiger partial charge is 0.493 e. The highest BCUT2D eigenvalue weighted by molar-refractivity contribution is 6.04. The number of carbonyl (C=O) groups excluding carboxylic acids is 2. The van der Waals surface area contributed by atoms with Crippen LogP contribution in [0.15, 0.2) is 73.1 Å². The van der Waals surface area contributed by atoms with Crippen molar-refractivity contribution in [3.05, 3.63) is 73.1 Å². The summed E-state index contributed by atoms with van der Waals surface area (Å²) in [5, 5.41) is 7.96. The Hall–Kier alpha value is -4.86. The number of aromatic nitrogens is 2. The highest BCUT2D eigenvalue weighted by Crippen LogP contribution is 2.36. The summed E-state index contributed by atoms with van der Waals surface area (Å²) in [6.45, 7) is 0. The number of pyridine rings is 2. The molecule has 0 saturated carbocycles. The Kier molecular flexibility index (Phi) is 6.68. The predicted molar refractivity (Wildman–Crippen MR) is 127 cm³/mol. The Labute approximate surface area is 194 Å². The first-order valence-electron chi connectivity index (χ1n) is 10.1. The second-order valence-electron chi connectivity index (χ2n) is 6.91. The number of rotatable bonds is 6. The van der Waals surface area contributed by atoms with Gasteiger partial charge in [-0.05, 0) is 48.5 Å². The van der Waals surface area contributed by atoms with Crippen molar-refractivity contribution in [1.82, 2.24) is 15.3 Å². The third-order valence-corrected chi connectivity index (χ3v) is 4.68. The molecule has 0 fully saturated rings. The van der Waals surface area contributed by atoms with E-state index in [1.807, 2.05) is 0 Å². The zero-order valence-corrected chi connectivity index (χ0v) is 18.4. The van der Waals surface area contributed by atoms with E-state index < -0.39 is 12.1 Å². The van der Waals surface area contributed by atoms with Gasteiger partial charge in [0.1, 0.15) is 17.3 Å². The lowest BCUT2D eigenvalue weighted by molar-refractivity contribution is 0.240. The second-order valence-corrected chi connectivity index (χ2v) is 6.91. The topological polar surface area (TPSA) is 124 Å². The van der Waals surface area contributed by atoms with Crippen molar-refractivity contribution in [1.29, 1.82) is 0 Å². The first kappa shape index (κ1) is 22.3. The van der Waals surface area contributed by atoms with Crippen LogP contribution in [0.1, 0.15) is 0 Å². The van der Waals surface area contributed by atoms with Crippen LogP contribution < -0.4 is 30.2 Å². The zero-order valence-electron chi connectivity index (χ0n) is 18.4.